The third-order valence-electron chi connectivity index (χ3n) is 12.0. The SMILES string of the molecule is Cc1cc(S(=O)(=O)O)c(C(C)C)cc1OC(=O)C1C2CC3C1C(=O)N(C(C)C)C3C2OC(=O)C1CC2c3ccccc3C1c1ccccc12. The van der Waals surface area contributed by atoms with Gasteiger partial charge < -0.3 is 14.4 Å². The lowest BCUT2D eigenvalue weighted by Crippen LogP contribution is -2.50. The topological polar surface area (TPSA) is 127 Å². The number of hydrogen-bond acceptors (Lipinski definition) is 7. The van der Waals surface area contributed by atoms with Gasteiger partial charge in [0.05, 0.1) is 28.7 Å². The minimum Gasteiger partial charge on any atom is -0.460 e. The molecule has 3 aromatic carbocycles. The van der Waals surface area contributed by atoms with Gasteiger partial charge in [-0.05, 0) is 91.0 Å². The van der Waals surface area contributed by atoms with Crippen LogP contribution in [0.5, 0.6) is 5.75 Å². The predicted molar refractivity (Wildman–Crippen MR) is 180 cm³/mol. The van der Waals surface area contributed by atoms with Crippen LogP contribution < -0.4 is 4.74 Å². The van der Waals surface area contributed by atoms with Crippen molar-refractivity contribution in [2.75, 3.05) is 0 Å². The Morgan fingerprint density at radius 3 is 2.06 bits per heavy atom. The van der Waals surface area contributed by atoms with Crippen molar-refractivity contribution < 1.29 is 36.8 Å². The van der Waals surface area contributed by atoms with Crippen LogP contribution in [-0.2, 0) is 29.2 Å². The van der Waals surface area contributed by atoms with Gasteiger partial charge in [-0.25, -0.2) is 0 Å². The number of carbonyl (C=O) groups is 3. The molecule has 0 spiro atoms. The third kappa shape index (κ3) is 4.73. The van der Waals surface area contributed by atoms with Gasteiger partial charge in [0.15, 0.2) is 0 Å². The van der Waals surface area contributed by atoms with Crippen LogP contribution in [0.4, 0.5) is 0 Å². The van der Waals surface area contributed by atoms with Crippen molar-refractivity contribution in [2.24, 2.45) is 29.6 Å². The molecule has 9 rings (SSSR count). The number of fused-ring (bicyclic) bond motifs is 2. The summed E-state index contributed by atoms with van der Waals surface area (Å²) in [5, 5.41) is 0. The maximum absolute atomic E-state index is 14.4. The predicted octanol–water partition coefficient (Wildman–Crippen LogP) is 5.98. The molecule has 3 fully saturated rings. The largest absolute Gasteiger partial charge is 0.460 e. The van der Waals surface area contributed by atoms with E-state index in [1.807, 2.05) is 43.0 Å². The van der Waals surface area contributed by atoms with E-state index in [2.05, 4.69) is 24.3 Å². The molecule has 0 radical (unpaired) electrons. The number of esters is 2. The van der Waals surface area contributed by atoms with Gasteiger partial charge in [-0.1, -0.05) is 62.4 Å². The number of hydrogen-bond donors (Lipinski definition) is 1. The lowest BCUT2D eigenvalue weighted by Gasteiger charge is -2.45. The number of likely N-dealkylation sites (tertiary alicyclic amines) is 1. The fourth-order valence-electron chi connectivity index (χ4n) is 10.2. The minimum atomic E-state index is -4.50. The van der Waals surface area contributed by atoms with Gasteiger partial charge in [0.25, 0.3) is 10.1 Å². The highest BCUT2D eigenvalue weighted by Crippen LogP contribution is 2.61. The summed E-state index contributed by atoms with van der Waals surface area (Å²) in [7, 11) is -4.50. The summed E-state index contributed by atoms with van der Waals surface area (Å²) in [6.45, 7) is 9.08. The number of rotatable bonds is 7. The van der Waals surface area contributed by atoms with Gasteiger partial charge >= 0.3 is 11.9 Å². The molecule has 1 saturated heterocycles. The van der Waals surface area contributed by atoms with E-state index in [1.165, 1.54) is 23.3 Å². The maximum atomic E-state index is 14.4. The third-order valence-corrected chi connectivity index (χ3v) is 12.9. The zero-order valence-electron chi connectivity index (χ0n) is 28.2. The number of carbonyl (C=O) groups excluding carboxylic acids is 3. The van der Waals surface area contributed by atoms with E-state index in [1.54, 1.807) is 20.8 Å². The van der Waals surface area contributed by atoms with Crippen molar-refractivity contribution in [1.29, 1.82) is 0 Å². The van der Waals surface area contributed by atoms with E-state index < -0.39 is 45.9 Å². The molecular formula is C39H41NO8S. The van der Waals surface area contributed by atoms with Gasteiger partial charge in [0.2, 0.25) is 5.91 Å². The molecule has 0 aromatic heterocycles. The number of ether oxygens (including phenoxy) is 2. The molecule has 7 atom stereocenters. The van der Waals surface area contributed by atoms with Gasteiger partial charge in [-0.2, -0.15) is 8.42 Å². The lowest BCUT2D eigenvalue weighted by atomic mass is 9.59. The average Bonchev–Trinajstić information content (AvgIpc) is 3.68. The average molecular weight is 684 g/mol. The second-order valence-corrected chi connectivity index (χ2v) is 16.6. The molecule has 1 N–H and O–H groups in total. The molecular weight excluding hydrogens is 642 g/mol. The van der Waals surface area contributed by atoms with E-state index >= 15 is 0 Å². The molecule has 256 valence electrons. The molecule has 9 nitrogen and oxygen atoms in total. The van der Waals surface area contributed by atoms with Gasteiger partial charge in [-0.3, -0.25) is 18.9 Å². The number of nitrogens with zero attached hydrogens (tertiary/aromatic N) is 1. The molecule has 10 heteroatoms. The van der Waals surface area contributed by atoms with Crippen LogP contribution in [0.1, 0.15) is 91.7 Å². The maximum Gasteiger partial charge on any atom is 0.315 e. The molecule has 7 unspecified atom stereocenters. The zero-order valence-corrected chi connectivity index (χ0v) is 29.0. The van der Waals surface area contributed by atoms with E-state index in [9.17, 15) is 27.4 Å². The summed E-state index contributed by atoms with van der Waals surface area (Å²) in [5.41, 5.74) is 5.52. The van der Waals surface area contributed by atoms with Crippen molar-refractivity contribution in [3.63, 3.8) is 0 Å². The van der Waals surface area contributed by atoms with Crippen molar-refractivity contribution >= 4 is 28.0 Å². The Morgan fingerprint density at radius 2 is 1.49 bits per heavy atom. The minimum absolute atomic E-state index is 0.0912. The lowest BCUT2D eigenvalue weighted by molar-refractivity contribution is -0.165. The van der Waals surface area contributed by atoms with Crippen molar-refractivity contribution in [1.82, 2.24) is 4.90 Å². The van der Waals surface area contributed by atoms with Gasteiger partial charge in [-0.15, -0.1) is 0 Å². The normalized spacial score (nSPS) is 30.6. The Bertz CT molecular complexity index is 1970. The first-order valence-corrected chi connectivity index (χ1v) is 18.8. The molecule has 1 aliphatic heterocycles. The van der Waals surface area contributed by atoms with Crippen LogP contribution in [0.2, 0.25) is 0 Å². The first kappa shape index (κ1) is 32.2. The van der Waals surface area contributed by atoms with Crippen LogP contribution >= 0.6 is 0 Å². The summed E-state index contributed by atoms with van der Waals surface area (Å²) in [6, 6.07) is 19.0. The molecule has 6 aliphatic rings. The molecule has 1 amide bonds. The first-order valence-electron chi connectivity index (χ1n) is 17.3. The smallest absolute Gasteiger partial charge is 0.315 e. The molecule has 49 heavy (non-hydrogen) atoms. The number of aryl methyl sites for hydroxylation is 1. The summed E-state index contributed by atoms with van der Waals surface area (Å²) >= 11 is 0. The summed E-state index contributed by atoms with van der Waals surface area (Å²) in [4.78, 5) is 44.1. The van der Waals surface area contributed by atoms with Crippen LogP contribution in [-0.4, -0.2) is 53.9 Å². The summed E-state index contributed by atoms with van der Waals surface area (Å²) < 4.78 is 46.6. The highest BCUT2D eigenvalue weighted by atomic mass is 32.2. The molecule has 5 aliphatic carbocycles. The standard InChI is InChI=1S/C39H41NO8S/c1-18(2)25-17-30(20(5)14-31(25)49(44,45)46)47-39(43)34-28-16-27-33(34)37(41)40(19(3)4)35(27)36(28)48-38(42)29-15-26-21-10-6-8-12-23(21)32(29)24-13-9-7-11-22(24)26/h6-14,17-19,26-29,32-36H,15-16H2,1-5H3,(H,44,45,46). The van der Waals surface area contributed by atoms with Gasteiger partial charge in [0, 0.05) is 23.8 Å². The Morgan fingerprint density at radius 1 is 0.878 bits per heavy atom. The Balaban J connectivity index is 1.11. The zero-order chi connectivity index (χ0) is 34.7. The Hall–Kier alpha value is -4.02. The fourth-order valence-corrected chi connectivity index (χ4v) is 11.1. The highest BCUT2D eigenvalue weighted by Gasteiger charge is 2.71. The molecule has 2 saturated carbocycles. The highest BCUT2D eigenvalue weighted by molar-refractivity contribution is 7.85. The van der Waals surface area contributed by atoms with Crippen LogP contribution in [0.15, 0.2) is 65.6 Å². The quantitative estimate of drug-likeness (QED) is 0.183. The second-order valence-electron chi connectivity index (χ2n) is 15.2. The molecule has 3 aromatic rings. The second kappa shape index (κ2) is 11.3. The first-order chi connectivity index (χ1) is 23.3. The summed E-state index contributed by atoms with van der Waals surface area (Å²) in [6.07, 6.45) is 0.559. The van der Waals surface area contributed by atoms with E-state index in [-0.39, 0.29) is 58.3 Å². The Kier molecular flexibility index (Phi) is 7.39. The van der Waals surface area contributed by atoms with Crippen LogP contribution in [0, 0.1) is 36.5 Å². The van der Waals surface area contributed by atoms with Gasteiger partial charge in [0.1, 0.15) is 11.9 Å². The van der Waals surface area contributed by atoms with Crippen molar-refractivity contribution in [3.8, 4) is 5.75 Å². The number of benzene rings is 3. The van der Waals surface area contributed by atoms with Crippen LogP contribution in [0.25, 0.3) is 0 Å². The Labute approximate surface area is 286 Å². The van der Waals surface area contributed by atoms with E-state index in [4.69, 9.17) is 9.47 Å². The molecule has 4 bridgehead atoms. The monoisotopic (exact) mass is 683 g/mol. The van der Waals surface area contributed by atoms with Crippen LogP contribution in [0.3, 0.4) is 0 Å². The van der Waals surface area contributed by atoms with E-state index in [0.29, 0.717) is 24.0 Å². The van der Waals surface area contributed by atoms with Crippen molar-refractivity contribution in [3.05, 3.63) is 94.0 Å². The summed E-state index contributed by atoms with van der Waals surface area (Å²) in [5.74, 6) is -3.47. The van der Waals surface area contributed by atoms with E-state index in [0.717, 1.165) is 11.1 Å². The van der Waals surface area contributed by atoms with Crippen molar-refractivity contribution in [2.45, 2.75) is 88.3 Å². The number of amides is 1. The molecule has 1 heterocycles. The fraction of sp³-hybridized carbons (Fsp3) is 0.462.